The van der Waals surface area contributed by atoms with Gasteiger partial charge in [0.05, 0.1) is 6.54 Å². The number of carbonyl (C=O) groups is 1. The quantitative estimate of drug-likeness (QED) is 0.752. The van der Waals surface area contributed by atoms with Gasteiger partial charge in [0.1, 0.15) is 0 Å². The van der Waals surface area contributed by atoms with E-state index in [2.05, 4.69) is 6.58 Å². The number of hydrogen-bond acceptors (Lipinski definition) is 3. The van der Waals surface area contributed by atoms with Gasteiger partial charge in [0.25, 0.3) is 0 Å². The first-order valence-electron chi connectivity index (χ1n) is 5.20. The largest absolute Gasteiger partial charge is 0.478 e. The van der Waals surface area contributed by atoms with Crippen molar-refractivity contribution in [3.63, 3.8) is 0 Å². The van der Waals surface area contributed by atoms with Gasteiger partial charge in [-0.05, 0) is 0 Å². The zero-order valence-electron chi connectivity index (χ0n) is 9.33. The number of alkyl halides is 3. The van der Waals surface area contributed by atoms with E-state index in [9.17, 15) is 18.0 Å². The second-order valence-electron chi connectivity index (χ2n) is 4.08. The zero-order valence-corrected chi connectivity index (χ0v) is 9.33. The van der Waals surface area contributed by atoms with Crippen LogP contribution in [0.1, 0.15) is 0 Å². The molecule has 0 aromatic rings. The maximum atomic E-state index is 12.1. The van der Waals surface area contributed by atoms with Crippen LogP contribution in [0.15, 0.2) is 12.2 Å². The fourth-order valence-electron chi connectivity index (χ4n) is 1.70. The van der Waals surface area contributed by atoms with Crippen molar-refractivity contribution in [2.24, 2.45) is 0 Å². The average Bonchev–Trinajstić information content (AvgIpc) is 2.18. The van der Waals surface area contributed by atoms with Crippen molar-refractivity contribution in [2.75, 3.05) is 39.3 Å². The molecule has 0 bridgehead atoms. The molecule has 0 atom stereocenters. The number of hydrogen-bond donors (Lipinski definition) is 1. The van der Waals surface area contributed by atoms with Gasteiger partial charge in [0, 0.05) is 38.3 Å². The van der Waals surface area contributed by atoms with Gasteiger partial charge in [-0.15, -0.1) is 0 Å². The van der Waals surface area contributed by atoms with Crippen LogP contribution in [0.2, 0.25) is 0 Å². The molecule has 0 spiro atoms. The highest BCUT2D eigenvalue weighted by Gasteiger charge is 2.32. The second kappa shape index (κ2) is 5.50. The van der Waals surface area contributed by atoms with E-state index in [1.807, 2.05) is 0 Å². The molecule has 0 saturated carbocycles. The van der Waals surface area contributed by atoms with Crippen LogP contribution in [-0.2, 0) is 4.79 Å². The van der Waals surface area contributed by atoms with E-state index in [4.69, 9.17) is 5.11 Å². The Bertz CT molecular complexity index is 296. The Morgan fingerprint density at radius 2 is 1.65 bits per heavy atom. The molecule has 1 heterocycles. The number of carboxylic acids is 1. The van der Waals surface area contributed by atoms with Crippen molar-refractivity contribution < 1.29 is 23.1 Å². The van der Waals surface area contributed by atoms with Crippen molar-refractivity contribution in [1.82, 2.24) is 9.80 Å². The average molecular weight is 252 g/mol. The van der Waals surface area contributed by atoms with E-state index in [0.29, 0.717) is 26.2 Å². The molecule has 1 N–H and O–H groups in total. The number of aliphatic carboxylic acids is 1. The molecule has 1 aliphatic rings. The summed E-state index contributed by atoms with van der Waals surface area (Å²) in [6.07, 6.45) is -4.17. The molecule has 0 aliphatic carbocycles. The summed E-state index contributed by atoms with van der Waals surface area (Å²) in [4.78, 5) is 13.7. The van der Waals surface area contributed by atoms with Gasteiger partial charge >= 0.3 is 12.1 Å². The fourth-order valence-corrected chi connectivity index (χ4v) is 1.70. The Balaban J connectivity index is 2.31. The van der Waals surface area contributed by atoms with Crippen molar-refractivity contribution in [2.45, 2.75) is 6.18 Å². The lowest BCUT2D eigenvalue weighted by Gasteiger charge is -2.34. The third-order valence-corrected chi connectivity index (χ3v) is 2.58. The first-order valence-corrected chi connectivity index (χ1v) is 5.20. The fraction of sp³-hybridized carbons (Fsp3) is 0.700. The highest BCUT2D eigenvalue weighted by Crippen LogP contribution is 2.17. The van der Waals surface area contributed by atoms with Crippen molar-refractivity contribution in [3.05, 3.63) is 12.2 Å². The molecular formula is C10H15F3N2O2. The summed E-state index contributed by atoms with van der Waals surface area (Å²) < 4.78 is 36.3. The molecule has 7 heteroatoms. The Hall–Kier alpha value is -1.08. The number of rotatable bonds is 4. The highest BCUT2D eigenvalue weighted by atomic mass is 19.4. The van der Waals surface area contributed by atoms with Gasteiger partial charge in [-0.3, -0.25) is 9.80 Å². The number of carboxylic acid groups (broad SMARTS) is 1. The number of halogens is 3. The summed E-state index contributed by atoms with van der Waals surface area (Å²) in [6, 6.07) is 0. The summed E-state index contributed by atoms with van der Waals surface area (Å²) in [5.74, 6) is -1.07. The molecule has 1 aliphatic heterocycles. The van der Waals surface area contributed by atoms with E-state index in [-0.39, 0.29) is 12.1 Å². The van der Waals surface area contributed by atoms with Crippen molar-refractivity contribution in [3.8, 4) is 0 Å². The van der Waals surface area contributed by atoms with E-state index in [1.54, 1.807) is 4.90 Å². The van der Waals surface area contributed by atoms with Gasteiger partial charge in [0.2, 0.25) is 0 Å². The van der Waals surface area contributed by atoms with Crippen molar-refractivity contribution >= 4 is 5.97 Å². The van der Waals surface area contributed by atoms with Crippen LogP contribution in [0.3, 0.4) is 0 Å². The Kier molecular flexibility index (Phi) is 4.53. The third kappa shape index (κ3) is 5.18. The predicted octanol–water partition coefficient (Wildman–Crippen LogP) is 0.807. The summed E-state index contributed by atoms with van der Waals surface area (Å²) in [5, 5.41) is 8.63. The SMILES string of the molecule is C=C(CN1CCN(CC(F)(F)F)CC1)C(=O)O. The third-order valence-electron chi connectivity index (χ3n) is 2.58. The minimum Gasteiger partial charge on any atom is -0.478 e. The molecule has 0 amide bonds. The standard InChI is InChI=1S/C10H15F3N2O2/c1-8(9(16)17)6-14-2-4-15(5-3-14)7-10(11,12)13/h1-7H2,(H,16,17). The van der Waals surface area contributed by atoms with Gasteiger partial charge in [-0.25, -0.2) is 4.79 Å². The maximum Gasteiger partial charge on any atom is 0.401 e. The van der Waals surface area contributed by atoms with Crippen LogP contribution in [0, 0.1) is 0 Å². The number of nitrogens with zero attached hydrogens (tertiary/aromatic N) is 2. The van der Waals surface area contributed by atoms with E-state index >= 15 is 0 Å². The molecule has 1 fully saturated rings. The summed E-state index contributed by atoms with van der Waals surface area (Å²) >= 11 is 0. The topological polar surface area (TPSA) is 43.8 Å². The van der Waals surface area contributed by atoms with Crippen LogP contribution in [0.5, 0.6) is 0 Å². The molecular weight excluding hydrogens is 237 g/mol. The number of piperazine rings is 1. The molecule has 0 radical (unpaired) electrons. The van der Waals surface area contributed by atoms with Crippen LogP contribution < -0.4 is 0 Å². The Morgan fingerprint density at radius 3 is 2.06 bits per heavy atom. The first kappa shape index (κ1) is 14.0. The minimum atomic E-state index is -4.17. The van der Waals surface area contributed by atoms with E-state index in [0.717, 1.165) is 0 Å². The van der Waals surface area contributed by atoms with Gasteiger partial charge in [-0.1, -0.05) is 6.58 Å². The van der Waals surface area contributed by atoms with E-state index in [1.165, 1.54) is 4.90 Å². The van der Waals surface area contributed by atoms with E-state index < -0.39 is 18.7 Å². The lowest BCUT2D eigenvalue weighted by atomic mass is 10.2. The Labute approximate surface area is 97.3 Å². The van der Waals surface area contributed by atoms with Crippen LogP contribution in [0.4, 0.5) is 13.2 Å². The second-order valence-corrected chi connectivity index (χ2v) is 4.08. The minimum absolute atomic E-state index is 0.0641. The highest BCUT2D eigenvalue weighted by molar-refractivity contribution is 5.86. The summed E-state index contributed by atoms with van der Waals surface area (Å²) in [7, 11) is 0. The lowest BCUT2D eigenvalue weighted by molar-refractivity contribution is -0.149. The zero-order chi connectivity index (χ0) is 13.1. The van der Waals surface area contributed by atoms with Gasteiger partial charge in [0.15, 0.2) is 0 Å². The van der Waals surface area contributed by atoms with Crippen LogP contribution >= 0.6 is 0 Å². The van der Waals surface area contributed by atoms with Crippen molar-refractivity contribution in [1.29, 1.82) is 0 Å². The predicted molar refractivity (Wildman–Crippen MR) is 55.7 cm³/mol. The maximum absolute atomic E-state index is 12.1. The molecule has 0 unspecified atom stereocenters. The smallest absolute Gasteiger partial charge is 0.401 e. The monoisotopic (exact) mass is 252 g/mol. The normalized spacial score (nSPS) is 19.2. The summed E-state index contributed by atoms with van der Waals surface area (Å²) in [6.45, 7) is 4.16. The van der Waals surface area contributed by atoms with Gasteiger partial charge < -0.3 is 5.11 Å². The lowest BCUT2D eigenvalue weighted by Crippen LogP contribution is -2.49. The molecule has 0 aromatic carbocycles. The summed E-state index contributed by atoms with van der Waals surface area (Å²) in [5.41, 5.74) is 0.0641. The van der Waals surface area contributed by atoms with Gasteiger partial charge in [-0.2, -0.15) is 13.2 Å². The Morgan fingerprint density at radius 1 is 1.18 bits per heavy atom. The molecule has 1 saturated heterocycles. The molecule has 1 rings (SSSR count). The van der Waals surface area contributed by atoms with Crippen LogP contribution in [-0.4, -0.2) is 66.3 Å². The first-order chi connectivity index (χ1) is 7.78. The molecule has 0 aromatic heterocycles. The van der Waals surface area contributed by atoms with Crippen LogP contribution in [0.25, 0.3) is 0 Å². The molecule has 98 valence electrons. The molecule has 4 nitrogen and oxygen atoms in total. The molecule has 17 heavy (non-hydrogen) atoms.